The SMILES string of the molecule is C=CC(CCCCCCCC)OC(=O)C(C)(C)Br. The molecular weight excluding hydrogens is 292 g/mol. The summed E-state index contributed by atoms with van der Waals surface area (Å²) < 4.78 is 4.77. The van der Waals surface area contributed by atoms with Crippen molar-refractivity contribution in [1.82, 2.24) is 0 Å². The molecule has 2 nitrogen and oxygen atoms in total. The first-order valence-electron chi connectivity index (χ1n) is 6.94. The summed E-state index contributed by atoms with van der Waals surface area (Å²) in [6, 6.07) is 0. The molecule has 0 aromatic rings. The van der Waals surface area contributed by atoms with E-state index in [1.54, 1.807) is 19.9 Å². The molecular formula is C15H27BrO2. The highest BCUT2D eigenvalue weighted by Gasteiger charge is 2.27. The zero-order valence-corrected chi connectivity index (χ0v) is 13.6. The Kier molecular flexibility index (Phi) is 9.43. The van der Waals surface area contributed by atoms with Crippen LogP contribution in [0.15, 0.2) is 12.7 Å². The van der Waals surface area contributed by atoms with Crippen molar-refractivity contribution in [3.8, 4) is 0 Å². The molecule has 0 aliphatic heterocycles. The lowest BCUT2D eigenvalue weighted by atomic mass is 10.1. The lowest BCUT2D eigenvalue weighted by Gasteiger charge is -2.20. The molecule has 0 bridgehead atoms. The third-order valence-electron chi connectivity index (χ3n) is 2.85. The second-order valence-corrected chi connectivity index (χ2v) is 7.19. The minimum absolute atomic E-state index is 0.152. The number of alkyl halides is 1. The summed E-state index contributed by atoms with van der Waals surface area (Å²) in [5.74, 6) is -0.224. The molecule has 0 heterocycles. The van der Waals surface area contributed by atoms with Crippen molar-refractivity contribution < 1.29 is 9.53 Å². The minimum Gasteiger partial charge on any atom is -0.457 e. The molecule has 0 aromatic heterocycles. The molecule has 0 aliphatic rings. The van der Waals surface area contributed by atoms with Crippen LogP contribution in [0.25, 0.3) is 0 Å². The smallest absolute Gasteiger partial charge is 0.322 e. The Morgan fingerprint density at radius 3 is 2.33 bits per heavy atom. The van der Waals surface area contributed by atoms with Crippen molar-refractivity contribution in [1.29, 1.82) is 0 Å². The van der Waals surface area contributed by atoms with Crippen LogP contribution in [0.2, 0.25) is 0 Å². The summed E-state index contributed by atoms with van der Waals surface area (Å²) in [5.41, 5.74) is 0. The quantitative estimate of drug-likeness (QED) is 0.245. The fraction of sp³-hybridized carbons (Fsp3) is 0.800. The number of ether oxygens (including phenoxy) is 1. The number of rotatable bonds is 10. The Morgan fingerprint density at radius 1 is 1.28 bits per heavy atom. The molecule has 1 unspecified atom stereocenters. The van der Waals surface area contributed by atoms with Crippen molar-refractivity contribution >= 4 is 21.9 Å². The standard InChI is InChI=1S/C15H27BrO2/c1-5-7-8-9-10-11-12-13(6-2)18-14(17)15(3,4)16/h6,13H,2,5,7-12H2,1,3-4H3. The predicted molar refractivity (Wildman–Crippen MR) is 81.1 cm³/mol. The largest absolute Gasteiger partial charge is 0.457 e. The highest BCUT2D eigenvalue weighted by molar-refractivity contribution is 9.10. The summed E-state index contributed by atoms with van der Waals surface area (Å²) in [4.78, 5) is 11.7. The van der Waals surface area contributed by atoms with Gasteiger partial charge in [-0.15, -0.1) is 0 Å². The first-order chi connectivity index (χ1) is 8.41. The molecule has 0 saturated carbocycles. The summed E-state index contributed by atoms with van der Waals surface area (Å²) in [6.07, 6.45) is 9.92. The Balaban J connectivity index is 3.78. The number of hydrogen-bond acceptors (Lipinski definition) is 2. The molecule has 106 valence electrons. The Bertz CT molecular complexity index is 243. The van der Waals surface area contributed by atoms with E-state index in [-0.39, 0.29) is 12.1 Å². The van der Waals surface area contributed by atoms with Gasteiger partial charge in [0.2, 0.25) is 0 Å². The number of esters is 1. The third kappa shape index (κ3) is 8.73. The van der Waals surface area contributed by atoms with E-state index in [1.165, 1.54) is 32.1 Å². The fourth-order valence-electron chi connectivity index (χ4n) is 1.63. The van der Waals surface area contributed by atoms with Crippen LogP contribution in [-0.4, -0.2) is 16.4 Å². The molecule has 0 amide bonds. The normalized spacial score (nSPS) is 13.1. The van der Waals surface area contributed by atoms with E-state index in [1.807, 2.05) is 0 Å². The molecule has 0 saturated heterocycles. The van der Waals surface area contributed by atoms with E-state index in [4.69, 9.17) is 4.74 Å². The number of carbonyl (C=O) groups is 1. The molecule has 0 rings (SSSR count). The molecule has 18 heavy (non-hydrogen) atoms. The molecule has 0 N–H and O–H groups in total. The summed E-state index contributed by atoms with van der Waals surface area (Å²) in [5, 5.41) is 0. The van der Waals surface area contributed by atoms with Gasteiger partial charge in [-0.25, -0.2) is 0 Å². The maximum atomic E-state index is 11.7. The van der Waals surface area contributed by atoms with Gasteiger partial charge in [-0.1, -0.05) is 67.6 Å². The van der Waals surface area contributed by atoms with Gasteiger partial charge in [0, 0.05) is 0 Å². The summed E-state index contributed by atoms with van der Waals surface area (Å²) in [6.45, 7) is 9.53. The van der Waals surface area contributed by atoms with E-state index in [0.29, 0.717) is 0 Å². The maximum Gasteiger partial charge on any atom is 0.322 e. The zero-order chi connectivity index (χ0) is 14.0. The maximum absolute atomic E-state index is 11.7. The van der Waals surface area contributed by atoms with Gasteiger partial charge in [-0.2, -0.15) is 0 Å². The van der Waals surface area contributed by atoms with Gasteiger partial charge in [-0.3, -0.25) is 4.79 Å². The molecule has 0 aromatic carbocycles. The Hall–Kier alpha value is -0.310. The van der Waals surface area contributed by atoms with Gasteiger partial charge < -0.3 is 4.74 Å². The second kappa shape index (κ2) is 9.60. The van der Waals surface area contributed by atoms with Crippen LogP contribution in [0.1, 0.15) is 65.7 Å². The topological polar surface area (TPSA) is 26.3 Å². The average molecular weight is 319 g/mol. The van der Waals surface area contributed by atoms with E-state index < -0.39 is 4.32 Å². The zero-order valence-electron chi connectivity index (χ0n) is 12.0. The van der Waals surface area contributed by atoms with Gasteiger partial charge in [0.1, 0.15) is 10.4 Å². The minimum atomic E-state index is -0.616. The predicted octanol–water partition coefficient (Wildman–Crippen LogP) is 5.01. The number of carbonyl (C=O) groups excluding carboxylic acids is 1. The Labute approximate surface area is 120 Å². The van der Waals surface area contributed by atoms with Gasteiger partial charge in [-0.05, 0) is 26.7 Å². The van der Waals surface area contributed by atoms with Crippen LogP contribution in [0, 0.1) is 0 Å². The highest BCUT2D eigenvalue weighted by Crippen LogP contribution is 2.20. The third-order valence-corrected chi connectivity index (χ3v) is 3.17. The van der Waals surface area contributed by atoms with E-state index >= 15 is 0 Å². The molecule has 0 spiro atoms. The molecule has 0 radical (unpaired) electrons. The van der Waals surface area contributed by atoms with Crippen molar-refractivity contribution in [3.05, 3.63) is 12.7 Å². The van der Waals surface area contributed by atoms with Gasteiger partial charge in [0.05, 0.1) is 0 Å². The monoisotopic (exact) mass is 318 g/mol. The van der Waals surface area contributed by atoms with Gasteiger partial charge >= 0.3 is 5.97 Å². The number of unbranched alkanes of at least 4 members (excludes halogenated alkanes) is 5. The van der Waals surface area contributed by atoms with Gasteiger partial charge in [0.25, 0.3) is 0 Å². The van der Waals surface area contributed by atoms with Gasteiger partial charge in [0.15, 0.2) is 0 Å². The van der Waals surface area contributed by atoms with Crippen LogP contribution in [0.4, 0.5) is 0 Å². The summed E-state index contributed by atoms with van der Waals surface area (Å²) in [7, 11) is 0. The van der Waals surface area contributed by atoms with Crippen molar-refractivity contribution in [3.63, 3.8) is 0 Å². The van der Waals surface area contributed by atoms with Crippen LogP contribution >= 0.6 is 15.9 Å². The highest BCUT2D eigenvalue weighted by atomic mass is 79.9. The number of hydrogen-bond donors (Lipinski definition) is 0. The second-order valence-electron chi connectivity index (χ2n) is 5.21. The summed E-state index contributed by atoms with van der Waals surface area (Å²) >= 11 is 3.30. The lowest BCUT2D eigenvalue weighted by Crippen LogP contribution is -2.30. The van der Waals surface area contributed by atoms with Crippen LogP contribution in [0.5, 0.6) is 0 Å². The number of halogens is 1. The van der Waals surface area contributed by atoms with E-state index in [2.05, 4.69) is 29.4 Å². The van der Waals surface area contributed by atoms with E-state index in [9.17, 15) is 4.79 Å². The lowest BCUT2D eigenvalue weighted by molar-refractivity contribution is -0.148. The first-order valence-corrected chi connectivity index (χ1v) is 7.73. The van der Waals surface area contributed by atoms with Crippen molar-refractivity contribution in [2.24, 2.45) is 0 Å². The van der Waals surface area contributed by atoms with E-state index in [0.717, 1.165) is 12.8 Å². The fourth-order valence-corrected chi connectivity index (χ4v) is 1.72. The average Bonchev–Trinajstić information content (AvgIpc) is 2.30. The van der Waals surface area contributed by atoms with Crippen LogP contribution < -0.4 is 0 Å². The molecule has 0 aliphatic carbocycles. The van der Waals surface area contributed by atoms with Crippen molar-refractivity contribution in [2.45, 2.75) is 76.1 Å². The van der Waals surface area contributed by atoms with Crippen LogP contribution in [-0.2, 0) is 9.53 Å². The van der Waals surface area contributed by atoms with Crippen LogP contribution in [0.3, 0.4) is 0 Å². The molecule has 1 atom stereocenters. The molecule has 0 fully saturated rings. The molecule has 3 heteroatoms. The first kappa shape index (κ1) is 17.7. The van der Waals surface area contributed by atoms with Crippen molar-refractivity contribution in [2.75, 3.05) is 0 Å². The Morgan fingerprint density at radius 2 is 1.83 bits per heavy atom.